The van der Waals surface area contributed by atoms with E-state index in [2.05, 4.69) is 54.0 Å². The zero-order valence-electron chi connectivity index (χ0n) is 9.95. The normalized spacial score (nSPS) is 22.8. The van der Waals surface area contributed by atoms with Crippen molar-refractivity contribution < 1.29 is 0 Å². The highest BCUT2D eigenvalue weighted by molar-refractivity contribution is 9.09. The standard InChI is InChI=1S/C14H19BrS/c1-3-13(15)10(2)8-11-9-16-14-7-5-4-6-12(11)14/h4-7,10-11,13H,3,8-9H2,1-2H3. The van der Waals surface area contributed by atoms with Crippen molar-refractivity contribution in [1.82, 2.24) is 0 Å². The third kappa shape index (κ3) is 2.65. The van der Waals surface area contributed by atoms with Gasteiger partial charge in [-0.1, -0.05) is 48.0 Å². The third-order valence-electron chi connectivity index (χ3n) is 3.46. The fourth-order valence-corrected chi connectivity index (χ4v) is 3.91. The van der Waals surface area contributed by atoms with Gasteiger partial charge in [0.1, 0.15) is 0 Å². The smallest absolute Gasteiger partial charge is 0.0169 e. The molecule has 2 heteroatoms. The van der Waals surface area contributed by atoms with Gasteiger partial charge in [0.25, 0.3) is 0 Å². The van der Waals surface area contributed by atoms with Crippen molar-refractivity contribution in [1.29, 1.82) is 0 Å². The van der Waals surface area contributed by atoms with E-state index >= 15 is 0 Å². The Bertz CT molecular complexity index is 350. The number of hydrogen-bond donors (Lipinski definition) is 0. The topological polar surface area (TPSA) is 0 Å². The monoisotopic (exact) mass is 298 g/mol. The summed E-state index contributed by atoms with van der Waals surface area (Å²) in [5.41, 5.74) is 1.58. The van der Waals surface area contributed by atoms with Gasteiger partial charge in [-0.25, -0.2) is 0 Å². The first-order valence-corrected chi connectivity index (χ1v) is 7.98. The number of hydrogen-bond acceptors (Lipinski definition) is 1. The van der Waals surface area contributed by atoms with Gasteiger partial charge >= 0.3 is 0 Å². The largest absolute Gasteiger partial charge is 0.125 e. The van der Waals surface area contributed by atoms with Gasteiger partial charge in [0, 0.05) is 15.5 Å². The molecule has 0 N–H and O–H groups in total. The minimum atomic E-state index is 0.672. The van der Waals surface area contributed by atoms with Crippen LogP contribution in [-0.2, 0) is 0 Å². The molecule has 0 radical (unpaired) electrons. The van der Waals surface area contributed by atoms with Crippen molar-refractivity contribution in [2.45, 2.75) is 42.3 Å². The molecule has 0 amide bonds. The lowest BCUT2D eigenvalue weighted by molar-refractivity contribution is 0.469. The Morgan fingerprint density at radius 1 is 1.44 bits per heavy atom. The van der Waals surface area contributed by atoms with E-state index in [1.165, 1.54) is 23.5 Å². The summed E-state index contributed by atoms with van der Waals surface area (Å²) in [4.78, 5) is 2.17. The average Bonchev–Trinajstić information content (AvgIpc) is 2.72. The second-order valence-corrected chi connectivity index (χ2v) is 6.92. The van der Waals surface area contributed by atoms with Crippen molar-refractivity contribution in [3.05, 3.63) is 29.8 Å². The summed E-state index contributed by atoms with van der Waals surface area (Å²) < 4.78 is 0. The highest BCUT2D eigenvalue weighted by atomic mass is 79.9. The molecule has 0 saturated carbocycles. The molecule has 88 valence electrons. The van der Waals surface area contributed by atoms with E-state index in [-0.39, 0.29) is 0 Å². The molecule has 1 aliphatic heterocycles. The van der Waals surface area contributed by atoms with Crippen LogP contribution in [0.3, 0.4) is 0 Å². The highest BCUT2D eigenvalue weighted by Crippen LogP contribution is 2.43. The average molecular weight is 299 g/mol. The van der Waals surface area contributed by atoms with E-state index in [0.29, 0.717) is 4.83 Å². The Hall–Kier alpha value is 0.0500. The molecule has 0 spiro atoms. The lowest BCUT2D eigenvalue weighted by Gasteiger charge is -2.20. The van der Waals surface area contributed by atoms with Crippen LogP contribution in [0.25, 0.3) is 0 Å². The Morgan fingerprint density at radius 2 is 2.19 bits per heavy atom. The fraction of sp³-hybridized carbons (Fsp3) is 0.571. The van der Waals surface area contributed by atoms with Crippen LogP contribution in [0, 0.1) is 5.92 Å². The molecular weight excluding hydrogens is 280 g/mol. The molecule has 2 rings (SSSR count). The summed E-state index contributed by atoms with van der Waals surface area (Å²) in [7, 11) is 0. The molecule has 0 bridgehead atoms. The van der Waals surface area contributed by atoms with Crippen LogP contribution in [-0.4, -0.2) is 10.6 Å². The van der Waals surface area contributed by atoms with E-state index in [1.807, 2.05) is 11.8 Å². The molecule has 1 aliphatic rings. The summed E-state index contributed by atoms with van der Waals surface area (Å²) in [6.07, 6.45) is 2.54. The molecule has 0 aliphatic carbocycles. The minimum absolute atomic E-state index is 0.672. The first kappa shape index (κ1) is 12.5. The van der Waals surface area contributed by atoms with Crippen LogP contribution in [0.2, 0.25) is 0 Å². The number of rotatable bonds is 4. The van der Waals surface area contributed by atoms with Gasteiger partial charge in [-0.05, 0) is 36.3 Å². The molecule has 1 heterocycles. The second-order valence-electron chi connectivity index (χ2n) is 4.68. The van der Waals surface area contributed by atoms with E-state index < -0.39 is 0 Å². The summed E-state index contributed by atoms with van der Waals surface area (Å²) in [6.45, 7) is 4.63. The summed E-state index contributed by atoms with van der Waals surface area (Å²) in [5, 5.41) is 0. The third-order valence-corrected chi connectivity index (χ3v) is 6.26. The van der Waals surface area contributed by atoms with Gasteiger partial charge in [-0.3, -0.25) is 0 Å². The zero-order valence-corrected chi connectivity index (χ0v) is 12.4. The Kier molecular flexibility index (Phi) is 4.37. The molecular formula is C14H19BrS. The summed E-state index contributed by atoms with van der Waals surface area (Å²) in [5.74, 6) is 2.80. The fourth-order valence-electron chi connectivity index (χ4n) is 2.42. The predicted octanol–water partition coefficient (Wildman–Crippen LogP) is 5.08. The maximum atomic E-state index is 3.78. The van der Waals surface area contributed by atoms with Crippen molar-refractivity contribution in [2.24, 2.45) is 5.92 Å². The van der Waals surface area contributed by atoms with Gasteiger partial charge in [-0.2, -0.15) is 0 Å². The molecule has 3 unspecified atom stereocenters. The molecule has 0 aromatic heterocycles. The van der Waals surface area contributed by atoms with E-state index in [1.54, 1.807) is 5.56 Å². The van der Waals surface area contributed by atoms with Crippen LogP contribution >= 0.6 is 27.7 Å². The number of benzene rings is 1. The Labute approximate surface area is 111 Å². The van der Waals surface area contributed by atoms with Crippen molar-refractivity contribution in [2.75, 3.05) is 5.75 Å². The van der Waals surface area contributed by atoms with E-state index in [0.717, 1.165) is 11.8 Å². The second kappa shape index (κ2) is 5.59. The van der Waals surface area contributed by atoms with Gasteiger partial charge in [0.15, 0.2) is 0 Å². The first-order chi connectivity index (χ1) is 7.72. The van der Waals surface area contributed by atoms with Crippen LogP contribution in [0.5, 0.6) is 0 Å². The quantitative estimate of drug-likeness (QED) is 0.699. The summed E-state index contributed by atoms with van der Waals surface area (Å²) in [6, 6.07) is 8.89. The SMILES string of the molecule is CCC(Br)C(C)CC1CSc2ccccc21. The number of alkyl halides is 1. The van der Waals surface area contributed by atoms with Crippen LogP contribution in [0.4, 0.5) is 0 Å². The molecule has 0 nitrogen and oxygen atoms in total. The van der Waals surface area contributed by atoms with Crippen LogP contribution < -0.4 is 0 Å². The lowest BCUT2D eigenvalue weighted by atomic mass is 9.89. The van der Waals surface area contributed by atoms with Crippen LogP contribution in [0.15, 0.2) is 29.2 Å². The molecule has 0 saturated heterocycles. The molecule has 1 aromatic carbocycles. The van der Waals surface area contributed by atoms with Crippen molar-refractivity contribution in [3.63, 3.8) is 0 Å². The minimum Gasteiger partial charge on any atom is -0.125 e. The maximum Gasteiger partial charge on any atom is 0.0169 e. The number of fused-ring (bicyclic) bond motifs is 1. The van der Waals surface area contributed by atoms with Gasteiger partial charge in [0.05, 0.1) is 0 Å². The van der Waals surface area contributed by atoms with Crippen molar-refractivity contribution in [3.8, 4) is 0 Å². The van der Waals surface area contributed by atoms with Crippen LogP contribution in [0.1, 0.15) is 38.2 Å². The summed E-state index contributed by atoms with van der Waals surface area (Å²) >= 11 is 5.80. The Balaban J connectivity index is 2.03. The molecule has 16 heavy (non-hydrogen) atoms. The van der Waals surface area contributed by atoms with Gasteiger partial charge in [0.2, 0.25) is 0 Å². The highest BCUT2D eigenvalue weighted by Gasteiger charge is 2.25. The van der Waals surface area contributed by atoms with E-state index in [4.69, 9.17) is 0 Å². The lowest BCUT2D eigenvalue weighted by Crippen LogP contribution is -2.13. The van der Waals surface area contributed by atoms with Gasteiger partial charge < -0.3 is 0 Å². The predicted molar refractivity (Wildman–Crippen MR) is 76.7 cm³/mol. The van der Waals surface area contributed by atoms with Crippen molar-refractivity contribution >= 4 is 27.7 Å². The van der Waals surface area contributed by atoms with Gasteiger partial charge in [-0.15, -0.1) is 11.8 Å². The maximum absolute atomic E-state index is 3.78. The number of thioether (sulfide) groups is 1. The first-order valence-electron chi connectivity index (χ1n) is 6.08. The molecule has 1 aromatic rings. The zero-order chi connectivity index (χ0) is 11.5. The Morgan fingerprint density at radius 3 is 2.94 bits per heavy atom. The molecule has 0 fully saturated rings. The van der Waals surface area contributed by atoms with E-state index in [9.17, 15) is 0 Å². The number of halogens is 1. The molecule has 3 atom stereocenters.